The van der Waals surface area contributed by atoms with Gasteiger partial charge < -0.3 is 23.9 Å². The lowest BCUT2D eigenvalue weighted by Gasteiger charge is -2.13. The van der Waals surface area contributed by atoms with Crippen LogP contribution in [-0.2, 0) is 5.75 Å². The first-order valence-electron chi connectivity index (χ1n) is 7.77. The number of pyridine rings is 1. The molecule has 10 heteroatoms. The van der Waals surface area contributed by atoms with Crippen LogP contribution in [0.3, 0.4) is 0 Å². The smallest absolute Gasteiger partial charge is 0.387 e. The second-order valence-corrected chi connectivity index (χ2v) is 6.20. The zero-order valence-corrected chi connectivity index (χ0v) is 15.6. The third-order valence-corrected chi connectivity index (χ3v) is 4.55. The molecule has 2 heterocycles. The van der Waals surface area contributed by atoms with Gasteiger partial charge in [0.25, 0.3) is 0 Å². The van der Waals surface area contributed by atoms with E-state index in [4.69, 9.17) is 14.2 Å². The number of aromatic nitrogens is 3. The van der Waals surface area contributed by atoms with Crippen molar-refractivity contribution in [2.45, 2.75) is 17.5 Å². The molecule has 0 saturated carbocycles. The van der Waals surface area contributed by atoms with Crippen molar-refractivity contribution in [3.05, 3.63) is 30.1 Å². The molecule has 3 aromatic rings. The van der Waals surface area contributed by atoms with E-state index in [-0.39, 0.29) is 22.8 Å². The number of imidazole rings is 1. The zero-order valence-electron chi connectivity index (χ0n) is 14.8. The maximum atomic E-state index is 12.9. The van der Waals surface area contributed by atoms with E-state index < -0.39 is 6.61 Å². The highest BCUT2D eigenvalue weighted by molar-refractivity contribution is 7.98. The highest BCUT2D eigenvalue weighted by atomic mass is 32.2. The highest BCUT2D eigenvalue weighted by Crippen LogP contribution is 2.44. The van der Waals surface area contributed by atoms with E-state index in [0.29, 0.717) is 22.2 Å². The lowest BCUT2D eigenvalue weighted by atomic mass is 10.2. The molecule has 1 aromatic carbocycles. The standard InChI is InChI=1S/C17H17F2N3O4S/c1-23-10-4-5-20-9(6-10)8-27-17-21-11-7-12(24-2)14(25-3)15(13(11)22-17)26-16(18)19/h4-7,16H,8H2,1-3H3,(H,21,22). The van der Waals surface area contributed by atoms with Crippen LogP contribution in [0.1, 0.15) is 5.69 Å². The van der Waals surface area contributed by atoms with Gasteiger partial charge in [0.05, 0.1) is 32.5 Å². The molecule has 0 bridgehead atoms. The van der Waals surface area contributed by atoms with Gasteiger partial charge in [-0.2, -0.15) is 8.78 Å². The van der Waals surface area contributed by atoms with Crippen molar-refractivity contribution >= 4 is 22.8 Å². The van der Waals surface area contributed by atoms with Gasteiger partial charge in [0.2, 0.25) is 5.75 Å². The Balaban J connectivity index is 1.93. The van der Waals surface area contributed by atoms with Crippen LogP contribution in [0.5, 0.6) is 23.0 Å². The summed E-state index contributed by atoms with van der Waals surface area (Å²) < 4.78 is 45.9. The fraction of sp³-hybridized carbons (Fsp3) is 0.294. The van der Waals surface area contributed by atoms with Gasteiger partial charge in [-0.25, -0.2) is 4.98 Å². The Morgan fingerprint density at radius 3 is 2.59 bits per heavy atom. The van der Waals surface area contributed by atoms with E-state index in [1.807, 2.05) is 6.07 Å². The van der Waals surface area contributed by atoms with Crippen molar-refractivity contribution in [1.82, 2.24) is 15.0 Å². The molecule has 0 fully saturated rings. The van der Waals surface area contributed by atoms with Crippen LogP contribution < -0.4 is 18.9 Å². The number of alkyl halides is 2. The molecule has 27 heavy (non-hydrogen) atoms. The van der Waals surface area contributed by atoms with Gasteiger partial charge in [-0.3, -0.25) is 4.98 Å². The Hall–Kier alpha value is -2.75. The fourth-order valence-electron chi connectivity index (χ4n) is 2.47. The summed E-state index contributed by atoms with van der Waals surface area (Å²) in [5.41, 5.74) is 1.51. The molecular weight excluding hydrogens is 380 g/mol. The minimum Gasteiger partial charge on any atom is -0.497 e. The lowest BCUT2D eigenvalue weighted by molar-refractivity contribution is -0.0503. The average molecular weight is 397 g/mol. The predicted molar refractivity (Wildman–Crippen MR) is 96.2 cm³/mol. The van der Waals surface area contributed by atoms with E-state index in [0.717, 1.165) is 5.69 Å². The van der Waals surface area contributed by atoms with Crippen LogP contribution in [0.25, 0.3) is 11.0 Å². The monoisotopic (exact) mass is 397 g/mol. The summed E-state index contributed by atoms with van der Waals surface area (Å²) in [6.45, 7) is -3.03. The van der Waals surface area contributed by atoms with Crippen molar-refractivity contribution in [1.29, 1.82) is 0 Å². The quantitative estimate of drug-likeness (QED) is 0.578. The summed E-state index contributed by atoms with van der Waals surface area (Å²) in [6, 6.07) is 5.18. The number of nitrogens with one attached hydrogen (secondary N) is 1. The van der Waals surface area contributed by atoms with Crippen molar-refractivity contribution in [2.75, 3.05) is 21.3 Å². The number of halogens is 2. The van der Waals surface area contributed by atoms with Crippen LogP contribution >= 0.6 is 11.8 Å². The molecular formula is C17H17F2N3O4S. The van der Waals surface area contributed by atoms with Gasteiger partial charge in [-0.15, -0.1) is 0 Å². The number of hydrogen-bond acceptors (Lipinski definition) is 7. The van der Waals surface area contributed by atoms with Gasteiger partial charge in [0.15, 0.2) is 16.7 Å². The Kier molecular flexibility index (Phi) is 5.84. The molecule has 0 aliphatic heterocycles. The zero-order chi connectivity index (χ0) is 19.4. The normalized spacial score (nSPS) is 11.0. The Morgan fingerprint density at radius 1 is 1.11 bits per heavy atom. The molecule has 0 amide bonds. The second kappa shape index (κ2) is 8.30. The number of nitrogens with zero attached hydrogens (tertiary/aromatic N) is 2. The maximum Gasteiger partial charge on any atom is 0.387 e. The van der Waals surface area contributed by atoms with Gasteiger partial charge in [0, 0.05) is 24.1 Å². The molecule has 0 unspecified atom stereocenters. The number of thioether (sulfide) groups is 1. The number of benzene rings is 1. The van der Waals surface area contributed by atoms with Crippen LogP contribution in [0.4, 0.5) is 8.78 Å². The molecule has 0 radical (unpaired) electrons. The van der Waals surface area contributed by atoms with Gasteiger partial charge >= 0.3 is 6.61 Å². The van der Waals surface area contributed by atoms with Crippen molar-refractivity contribution < 1.29 is 27.7 Å². The van der Waals surface area contributed by atoms with Crippen molar-refractivity contribution in [3.8, 4) is 23.0 Å². The minimum absolute atomic E-state index is 0.0582. The summed E-state index contributed by atoms with van der Waals surface area (Å²) in [5, 5.41) is 0.518. The Labute approximate surface area is 158 Å². The molecule has 0 spiro atoms. The fourth-order valence-corrected chi connectivity index (χ4v) is 3.25. The topological polar surface area (TPSA) is 78.5 Å². The average Bonchev–Trinajstić information content (AvgIpc) is 3.08. The van der Waals surface area contributed by atoms with E-state index in [2.05, 4.69) is 19.7 Å². The second-order valence-electron chi connectivity index (χ2n) is 5.23. The lowest BCUT2D eigenvalue weighted by Crippen LogP contribution is -2.05. The first-order chi connectivity index (χ1) is 13.0. The SMILES string of the molecule is COc1ccnc(CSc2nc3c(OC(F)F)c(OC)c(OC)cc3[nH]2)c1. The molecule has 0 saturated heterocycles. The summed E-state index contributed by atoms with van der Waals surface area (Å²) in [7, 11) is 4.34. The first kappa shape index (κ1) is 19.0. The molecule has 1 N–H and O–H groups in total. The van der Waals surface area contributed by atoms with E-state index in [1.54, 1.807) is 25.4 Å². The third kappa shape index (κ3) is 4.16. The van der Waals surface area contributed by atoms with Gasteiger partial charge in [-0.05, 0) is 6.07 Å². The maximum absolute atomic E-state index is 12.9. The Morgan fingerprint density at radius 2 is 1.93 bits per heavy atom. The molecule has 0 aliphatic carbocycles. The molecule has 0 aliphatic rings. The summed E-state index contributed by atoms with van der Waals surface area (Å²) in [4.78, 5) is 11.7. The van der Waals surface area contributed by atoms with Gasteiger partial charge in [0.1, 0.15) is 11.3 Å². The third-order valence-electron chi connectivity index (χ3n) is 3.64. The van der Waals surface area contributed by atoms with Gasteiger partial charge in [-0.1, -0.05) is 11.8 Å². The van der Waals surface area contributed by atoms with Crippen molar-refractivity contribution in [2.24, 2.45) is 0 Å². The number of H-pyrrole nitrogens is 1. The number of fused-ring (bicyclic) bond motifs is 1. The molecule has 2 aromatic heterocycles. The number of methoxy groups -OCH3 is 3. The van der Waals surface area contributed by atoms with E-state index in [1.165, 1.54) is 26.0 Å². The number of hydrogen-bond donors (Lipinski definition) is 1. The van der Waals surface area contributed by atoms with Crippen molar-refractivity contribution in [3.63, 3.8) is 0 Å². The summed E-state index contributed by atoms with van der Waals surface area (Å²) >= 11 is 1.36. The molecule has 0 atom stereocenters. The number of rotatable bonds is 8. The summed E-state index contributed by atoms with van der Waals surface area (Å²) in [6.07, 6.45) is 1.65. The molecule has 7 nitrogen and oxygen atoms in total. The van der Waals surface area contributed by atoms with E-state index in [9.17, 15) is 8.78 Å². The highest BCUT2D eigenvalue weighted by Gasteiger charge is 2.22. The first-order valence-corrected chi connectivity index (χ1v) is 8.75. The molecule has 3 rings (SSSR count). The predicted octanol–water partition coefficient (Wildman–Crippen LogP) is 3.88. The van der Waals surface area contributed by atoms with Crippen LogP contribution in [0.15, 0.2) is 29.6 Å². The molecule has 144 valence electrons. The number of ether oxygens (including phenoxy) is 4. The van der Waals surface area contributed by atoms with E-state index >= 15 is 0 Å². The largest absolute Gasteiger partial charge is 0.497 e. The minimum atomic E-state index is -3.03. The van der Waals surface area contributed by atoms with Crippen LogP contribution in [0, 0.1) is 0 Å². The van der Waals surface area contributed by atoms with Crippen LogP contribution in [0.2, 0.25) is 0 Å². The Bertz CT molecular complexity index is 936. The summed E-state index contributed by atoms with van der Waals surface area (Å²) in [5.74, 6) is 1.35. The number of aromatic amines is 1. The van der Waals surface area contributed by atoms with Crippen LogP contribution in [-0.4, -0.2) is 42.9 Å².